The number of hydrogen-bond acceptors (Lipinski definition) is 2. The van der Waals surface area contributed by atoms with Crippen molar-refractivity contribution in [1.29, 1.82) is 0 Å². The fourth-order valence-electron chi connectivity index (χ4n) is 0. The molecule has 0 aliphatic heterocycles. The van der Waals surface area contributed by atoms with Gasteiger partial charge in [0.1, 0.15) is 0 Å². The third-order valence-corrected chi connectivity index (χ3v) is 0.228. The number of carbonyl (C=O) groups is 1. The summed E-state index contributed by atoms with van der Waals surface area (Å²) >= 11 is 0. The minimum atomic E-state index is -0.495. The molecule has 0 atom stereocenters. The van der Waals surface area contributed by atoms with Crippen LogP contribution in [0.4, 0.5) is 0 Å². The van der Waals surface area contributed by atoms with Crippen LogP contribution in [0.2, 0.25) is 0 Å². The summed E-state index contributed by atoms with van der Waals surface area (Å²) in [6.07, 6.45) is 0. The van der Waals surface area contributed by atoms with Crippen LogP contribution in [-0.4, -0.2) is 13.1 Å². The van der Waals surface area contributed by atoms with E-state index in [9.17, 15) is 4.79 Å². The van der Waals surface area contributed by atoms with Crippen molar-refractivity contribution in [3.05, 3.63) is 6.92 Å². The van der Waals surface area contributed by atoms with Gasteiger partial charge in [-0.15, -0.1) is 0 Å². The molecule has 0 saturated heterocycles. The van der Waals surface area contributed by atoms with Gasteiger partial charge in [-0.05, 0) is 0 Å². The topological polar surface area (TPSA) is 26.3 Å². The summed E-state index contributed by atoms with van der Waals surface area (Å²) in [7, 11) is 1.29. The van der Waals surface area contributed by atoms with Crippen molar-refractivity contribution in [1.82, 2.24) is 0 Å². The van der Waals surface area contributed by atoms with Crippen molar-refractivity contribution < 1.29 is 29.0 Å². The Labute approximate surface area is 49.6 Å². The average molecular weight is 138 g/mol. The summed E-state index contributed by atoms with van der Waals surface area (Å²) < 4.78 is 4.00. The summed E-state index contributed by atoms with van der Waals surface area (Å²) in [6.45, 7) is 2.90. The molecule has 0 aromatic heterocycles. The number of hydrogen-bond donors (Lipinski definition) is 0. The molecule has 6 heavy (non-hydrogen) atoms. The number of methoxy groups -OCH3 is 1. The molecule has 0 aromatic carbocycles. The molecule has 3 heteroatoms. The van der Waals surface area contributed by atoms with Crippen LogP contribution in [0.5, 0.6) is 0 Å². The van der Waals surface area contributed by atoms with E-state index >= 15 is 0 Å². The van der Waals surface area contributed by atoms with Gasteiger partial charge in [0.05, 0.1) is 7.11 Å². The van der Waals surface area contributed by atoms with Gasteiger partial charge in [0, 0.05) is 19.5 Å². The first-order chi connectivity index (χ1) is 2.27. The zero-order valence-corrected chi connectivity index (χ0v) is 6.70. The van der Waals surface area contributed by atoms with Gasteiger partial charge < -0.3 is 4.74 Å². The van der Waals surface area contributed by atoms with Crippen molar-refractivity contribution in [2.45, 2.75) is 0 Å². The van der Waals surface area contributed by atoms with Crippen LogP contribution < -0.4 is 0 Å². The van der Waals surface area contributed by atoms with E-state index in [4.69, 9.17) is 0 Å². The third-order valence-electron chi connectivity index (χ3n) is 0.228. The summed E-state index contributed by atoms with van der Waals surface area (Å²) in [5, 5.41) is 0. The summed E-state index contributed by atoms with van der Waals surface area (Å²) in [4.78, 5) is 9.48. The van der Waals surface area contributed by atoms with E-state index in [1.54, 1.807) is 0 Å². The van der Waals surface area contributed by atoms with Crippen molar-refractivity contribution in [2.75, 3.05) is 7.11 Å². The molecule has 0 aliphatic rings. The number of carbonyl (C=O) groups excluding carboxylic acids is 1. The minimum Gasteiger partial charge on any atom is -0.492 e. The van der Waals surface area contributed by atoms with Crippen LogP contribution in [0.15, 0.2) is 0 Å². The molecule has 0 aromatic rings. The average Bonchev–Trinajstić information content (AvgIpc) is 1.38. The molecule has 0 fully saturated rings. The quantitative estimate of drug-likeness (QED) is 0.267. The Kier molecular flexibility index (Phi) is 7.74. The molecule has 0 amide bonds. The van der Waals surface area contributed by atoms with E-state index in [1.807, 2.05) is 0 Å². The Morgan fingerprint density at radius 1 is 1.83 bits per heavy atom. The van der Waals surface area contributed by atoms with Crippen molar-refractivity contribution in [2.24, 2.45) is 0 Å². The molecule has 2 nitrogen and oxygen atoms in total. The second-order valence-electron chi connectivity index (χ2n) is 0.576. The monoisotopic (exact) mass is 137 g/mol. The fourth-order valence-corrected chi connectivity index (χ4v) is 0. The predicted octanol–water partition coefficient (Wildman–Crippen LogP) is -0.00901. The van der Waals surface area contributed by atoms with Gasteiger partial charge in [0.15, 0.2) is 5.97 Å². The molecule has 0 bridgehead atoms. The molecular weight excluding hydrogens is 133 g/mol. The largest absolute Gasteiger partial charge is 0.492 e. The number of rotatable bonds is 0. The van der Waals surface area contributed by atoms with E-state index in [0.717, 1.165) is 0 Å². The van der Waals surface area contributed by atoms with Gasteiger partial charge >= 0.3 is 0 Å². The van der Waals surface area contributed by atoms with Crippen LogP contribution >= 0.6 is 0 Å². The van der Waals surface area contributed by atoms with E-state index < -0.39 is 5.97 Å². The number of esters is 1. The number of ether oxygens (including phenoxy) is 1. The maximum atomic E-state index is 9.48. The van der Waals surface area contributed by atoms with Crippen LogP contribution in [0.3, 0.4) is 0 Å². The van der Waals surface area contributed by atoms with E-state index in [-0.39, 0.29) is 19.5 Å². The van der Waals surface area contributed by atoms with Gasteiger partial charge in [0.25, 0.3) is 0 Å². The smallest absolute Gasteiger partial charge is 0.164 e. The molecule has 0 spiro atoms. The van der Waals surface area contributed by atoms with E-state index in [0.29, 0.717) is 0 Å². The zero-order valence-electron chi connectivity index (χ0n) is 3.73. The second-order valence-corrected chi connectivity index (χ2v) is 0.576. The van der Waals surface area contributed by atoms with Gasteiger partial charge in [-0.1, -0.05) is 0 Å². The summed E-state index contributed by atoms with van der Waals surface area (Å²) in [5.41, 5.74) is 0. The van der Waals surface area contributed by atoms with Gasteiger partial charge in [0.2, 0.25) is 0 Å². The Morgan fingerprint density at radius 3 is 2.00 bits per heavy atom. The van der Waals surface area contributed by atoms with Crippen LogP contribution in [0.25, 0.3) is 0 Å². The predicted molar refractivity (Wildman–Crippen MR) is 17.4 cm³/mol. The van der Waals surface area contributed by atoms with Crippen molar-refractivity contribution in [3.63, 3.8) is 0 Å². The van der Waals surface area contributed by atoms with Gasteiger partial charge in [-0.2, -0.15) is 0 Å². The molecule has 0 N–H and O–H groups in total. The van der Waals surface area contributed by atoms with Crippen LogP contribution in [0, 0.1) is 6.92 Å². The molecule has 32 valence electrons. The summed E-state index contributed by atoms with van der Waals surface area (Å²) in [6, 6.07) is 0. The molecule has 0 saturated carbocycles. The van der Waals surface area contributed by atoms with Crippen molar-refractivity contribution >= 4 is 5.97 Å². The third kappa shape index (κ3) is 9.03. The molecule has 0 heterocycles. The minimum absolute atomic E-state index is 0. The van der Waals surface area contributed by atoms with E-state index in [2.05, 4.69) is 11.7 Å². The first-order valence-electron chi connectivity index (χ1n) is 1.17. The first-order valence-corrected chi connectivity index (χ1v) is 1.17. The van der Waals surface area contributed by atoms with Gasteiger partial charge in [-0.25, -0.2) is 0 Å². The standard InChI is InChI=1S/C3H5O2.Zn/c1-3(4)5-2;/h1H2,2H3;/q-1;. The molecule has 0 radical (unpaired) electrons. The molecule has 0 aliphatic carbocycles. The molecule has 0 unspecified atom stereocenters. The second kappa shape index (κ2) is 4.96. The maximum Gasteiger partial charge on any atom is 0.164 e. The molecular formula is C3H5O2Zn-. The Bertz CT molecular complexity index is 44.1. The molecule has 0 rings (SSSR count). The SMILES string of the molecule is [CH2-]C(=O)OC.[Zn]. The Morgan fingerprint density at radius 2 is 2.00 bits per heavy atom. The fraction of sp³-hybridized carbons (Fsp3) is 0.333. The Balaban J connectivity index is 0. The van der Waals surface area contributed by atoms with E-state index in [1.165, 1.54) is 7.11 Å². The van der Waals surface area contributed by atoms with Crippen LogP contribution in [-0.2, 0) is 29.0 Å². The zero-order chi connectivity index (χ0) is 4.28. The summed E-state index contributed by atoms with van der Waals surface area (Å²) in [5.74, 6) is -0.495. The van der Waals surface area contributed by atoms with Crippen molar-refractivity contribution in [3.8, 4) is 0 Å². The van der Waals surface area contributed by atoms with Gasteiger partial charge in [-0.3, -0.25) is 11.7 Å². The first kappa shape index (κ1) is 9.35. The maximum absolute atomic E-state index is 9.48. The van der Waals surface area contributed by atoms with Crippen LogP contribution in [0.1, 0.15) is 0 Å². The Hall–Kier alpha value is -0.0366. The normalized spacial score (nSPS) is 5.50.